The molecule has 2 aromatic rings. The smallest absolute Gasteiger partial charge is 0.408 e. The highest BCUT2D eigenvalue weighted by Crippen LogP contribution is 2.09. The fourth-order valence-electron chi connectivity index (χ4n) is 3.17. The number of alkyl carbamates (subject to hydrolysis) is 1. The molecule has 2 aromatic carbocycles. The van der Waals surface area contributed by atoms with E-state index in [4.69, 9.17) is 9.47 Å². The van der Waals surface area contributed by atoms with Gasteiger partial charge in [-0.15, -0.1) is 0 Å². The Bertz CT molecular complexity index is 822. The summed E-state index contributed by atoms with van der Waals surface area (Å²) in [5.74, 6) is -0.508. The van der Waals surface area contributed by atoms with Crippen molar-refractivity contribution in [3.8, 4) is 0 Å². The normalized spacial score (nSPS) is 12.3. The number of methoxy groups -OCH3 is 1. The summed E-state index contributed by atoms with van der Waals surface area (Å²) in [6.45, 7) is 8.44. The van der Waals surface area contributed by atoms with Gasteiger partial charge in [-0.1, -0.05) is 60.7 Å². The second-order valence-electron chi connectivity index (χ2n) is 8.61. The predicted molar refractivity (Wildman–Crippen MR) is 125 cm³/mol. The van der Waals surface area contributed by atoms with Crippen LogP contribution in [0.2, 0.25) is 0 Å². The molecule has 2 rings (SSSR count). The van der Waals surface area contributed by atoms with Gasteiger partial charge in [0.25, 0.3) is 0 Å². The average Bonchev–Trinajstić information content (AvgIpc) is 2.75. The van der Waals surface area contributed by atoms with E-state index in [2.05, 4.69) is 27.7 Å². The van der Waals surface area contributed by atoms with Gasteiger partial charge in [0, 0.05) is 32.7 Å². The molecular weight excluding hydrogens is 406 g/mol. The summed E-state index contributed by atoms with van der Waals surface area (Å²) in [5, 5.41) is 6.10. The fraction of sp³-hybridized carbons (Fsp3) is 0.440. The topological polar surface area (TPSA) is 79.9 Å². The lowest BCUT2D eigenvalue weighted by molar-refractivity contribution is -0.143. The van der Waals surface area contributed by atoms with Crippen molar-refractivity contribution in [2.45, 2.75) is 45.5 Å². The third-order valence-electron chi connectivity index (χ3n) is 4.64. The van der Waals surface area contributed by atoms with Gasteiger partial charge in [-0.05, 0) is 31.9 Å². The summed E-state index contributed by atoms with van der Waals surface area (Å²) >= 11 is 0. The van der Waals surface area contributed by atoms with Crippen LogP contribution in [0.3, 0.4) is 0 Å². The van der Waals surface area contributed by atoms with Gasteiger partial charge in [0.05, 0.1) is 7.11 Å². The molecule has 0 bridgehead atoms. The van der Waals surface area contributed by atoms with Crippen LogP contribution in [0.25, 0.3) is 0 Å². The number of hydrogen-bond acceptors (Lipinski definition) is 6. The zero-order valence-corrected chi connectivity index (χ0v) is 19.5. The summed E-state index contributed by atoms with van der Waals surface area (Å²) in [4.78, 5) is 26.8. The number of amides is 1. The summed E-state index contributed by atoms with van der Waals surface area (Å²) in [6.07, 6.45) is -0.644. The number of benzene rings is 2. The fourth-order valence-corrected chi connectivity index (χ4v) is 3.17. The maximum Gasteiger partial charge on any atom is 0.408 e. The highest BCUT2D eigenvalue weighted by Gasteiger charge is 2.27. The Morgan fingerprint density at radius 3 is 2.12 bits per heavy atom. The first-order valence-electron chi connectivity index (χ1n) is 10.8. The van der Waals surface area contributed by atoms with E-state index in [9.17, 15) is 9.59 Å². The highest BCUT2D eigenvalue weighted by molar-refractivity contribution is 5.81. The number of esters is 1. The van der Waals surface area contributed by atoms with Crippen LogP contribution in [-0.2, 0) is 27.4 Å². The average molecular weight is 442 g/mol. The lowest BCUT2D eigenvalue weighted by Gasteiger charge is -2.28. The molecule has 0 saturated carbocycles. The number of ether oxygens (including phenoxy) is 2. The molecule has 1 unspecified atom stereocenters. The van der Waals surface area contributed by atoms with Crippen LogP contribution in [0.5, 0.6) is 0 Å². The molecule has 1 amide bonds. The number of hydrogen-bond donors (Lipinski definition) is 2. The summed E-state index contributed by atoms with van der Waals surface area (Å²) in [6, 6.07) is 19.4. The van der Waals surface area contributed by atoms with Gasteiger partial charge in [0.15, 0.2) is 0 Å². The third-order valence-corrected chi connectivity index (χ3v) is 4.64. The predicted octanol–water partition coefficient (Wildman–Crippen LogP) is 3.34. The molecule has 7 nitrogen and oxygen atoms in total. The van der Waals surface area contributed by atoms with Crippen LogP contribution in [-0.4, -0.2) is 55.3 Å². The van der Waals surface area contributed by atoms with Gasteiger partial charge in [0.1, 0.15) is 11.6 Å². The molecule has 2 N–H and O–H groups in total. The molecule has 0 radical (unpaired) electrons. The van der Waals surface area contributed by atoms with Crippen molar-refractivity contribution in [2.75, 3.05) is 26.7 Å². The van der Waals surface area contributed by atoms with Crippen LogP contribution in [0.15, 0.2) is 60.7 Å². The van der Waals surface area contributed by atoms with Gasteiger partial charge in [-0.25, -0.2) is 9.59 Å². The van der Waals surface area contributed by atoms with Gasteiger partial charge in [0.2, 0.25) is 0 Å². The zero-order chi connectivity index (χ0) is 23.4. The van der Waals surface area contributed by atoms with Crippen molar-refractivity contribution >= 4 is 12.1 Å². The standard InChI is InChI=1S/C25H35N3O4/c1-25(2,3)32-24(30)27-22(23(29)31-4)19-28(18-21-13-9-6-10-14-21)16-15-26-17-20-11-7-5-8-12-20/h5-14,22,26H,15-19H2,1-4H3,(H,27,30). The molecular formula is C25H35N3O4. The summed E-state index contributed by atoms with van der Waals surface area (Å²) < 4.78 is 10.2. The van der Waals surface area contributed by atoms with Crippen molar-refractivity contribution in [1.82, 2.24) is 15.5 Å². The minimum atomic E-state index is -0.840. The molecule has 0 fully saturated rings. The third kappa shape index (κ3) is 9.94. The quantitative estimate of drug-likeness (QED) is 0.411. The number of nitrogens with zero attached hydrogens (tertiary/aromatic N) is 1. The molecule has 174 valence electrons. The molecule has 0 aromatic heterocycles. The minimum Gasteiger partial charge on any atom is -0.467 e. The van der Waals surface area contributed by atoms with E-state index in [1.165, 1.54) is 12.7 Å². The lowest BCUT2D eigenvalue weighted by atomic mass is 10.2. The lowest BCUT2D eigenvalue weighted by Crippen LogP contribution is -2.50. The van der Waals surface area contributed by atoms with Crippen molar-refractivity contribution < 1.29 is 19.1 Å². The molecule has 0 aliphatic rings. The van der Waals surface area contributed by atoms with Gasteiger partial charge >= 0.3 is 12.1 Å². The zero-order valence-electron chi connectivity index (χ0n) is 19.5. The molecule has 0 saturated heterocycles. The van der Waals surface area contributed by atoms with E-state index in [0.717, 1.165) is 18.7 Å². The van der Waals surface area contributed by atoms with Crippen LogP contribution in [0.1, 0.15) is 31.9 Å². The minimum absolute atomic E-state index is 0.299. The second kappa shape index (κ2) is 12.8. The van der Waals surface area contributed by atoms with E-state index in [0.29, 0.717) is 19.6 Å². The first-order valence-corrected chi connectivity index (χ1v) is 10.8. The molecule has 0 spiro atoms. The van der Waals surface area contributed by atoms with Gasteiger partial charge in [-0.2, -0.15) is 0 Å². The molecule has 0 aliphatic carbocycles. The Balaban J connectivity index is 2.02. The highest BCUT2D eigenvalue weighted by atomic mass is 16.6. The van der Waals surface area contributed by atoms with Crippen molar-refractivity contribution in [3.05, 3.63) is 71.8 Å². The molecule has 1 atom stereocenters. The van der Waals surface area contributed by atoms with Crippen molar-refractivity contribution in [1.29, 1.82) is 0 Å². The van der Waals surface area contributed by atoms with E-state index in [1.54, 1.807) is 20.8 Å². The SMILES string of the molecule is COC(=O)C(CN(CCNCc1ccccc1)Cc1ccccc1)NC(=O)OC(C)(C)C. The Labute approximate surface area is 191 Å². The molecule has 32 heavy (non-hydrogen) atoms. The Morgan fingerprint density at radius 1 is 0.969 bits per heavy atom. The summed E-state index contributed by atoms with van der Waals surface area (Å²) in [5.41, 5.74) is 1.67. The van der Waals surface area contributed by atoms with E-state index in [1.807, 2.05) is 48.5 Å². The summed E-state index contributed by atoms with van der Waals surface area (Å²) in [7, 11) is 1.31. The maximum atomic E-state index is 12.4. The van der Waals surface area contributed by atoms with E-state index in [-0.39, 0.29) is 0 Å². The monoisotopic (exact) mass is 441 g/mol. The number of carbonyl (C=O) groups is 2. The van der Waals surface area contributed by atoms with Crippen molar-refractivity contribution in [3.63, 3.8) is 0 Å². The molecule has 0 aliphatic heterocycles. The molecule has 0 heterocycles. The van der Waals surface area contributed by atoms with E-state index >= 15 is 0 Å². The van der Waals surface area contributed by atoms with Crippen LogP contribution < -0.4 is 10.6 Å². The first-order chi connectivity index (χ1) is 15.3. The first kappa shape index (κ1) is 25.4. The number of nitrogens with one attached hydrogen (secondary N) is 2. The Kier molecular flexibility index (Phi) is 10.2. The van der Waals surface area contributed by atoms with Crippen molar-refractivity contribution in [2.24, 2.45) is 0 Å². The maximum absolute atomic E-state index is 12.4. The largest absolute Gasteiger partial charge is 0.467 e. The molecule has 7 heteroatoms. The second-order valence-corrected chi connectivity index (χ2v) is 8.61. The van der Waals surface area contributed by atoms with Gasteiger partial charge in [-0.3, -0.25) is 4.90 Å². The van der Waals surface area contributed by atoms with Gasteiger partial charge < -0.3 is 20.1 Å². The number of rotatable bonds is 11. The van der Waals surface area contributed by atoms with Crippen LogP contribution >= 0.6 is 0 Å². The van der Waals surface area contributed by atoms with Crippen LogP contribution in [0.4, 0.5) is 4.79 Å². The Hall–Kier alpha value is -2.90. The Morgan fingerprint density at radius 2 is 1.56 bits per heavy atom. The van der Waals surface area contributed by atoms with Crippen LogP contribution in [0, 0.1) is 0 Å². The number of carbonyl (C=O) groups excluding carboxylic acids is 2. The van der Waals surface area contributed by atoms with E-state index < -0.39 is 23.7 Å².